The van der Waals surface area contributed by atoms with Gasteiger partial charge in [0.2, 0.25) is 0 Å². The molecule has 2 N–H and O–H groups in total. The van der Waals surface area contributed by atoms with Crippen LogP contribution in [-0.4, -0.2) is 28.4 Å². The molecule has 3 rings (SSSR count). The number of hydrogen-bond donors (Lipinski definition) is 1. The number of nitrogens with two attached hydrogens (primary N) is 1. The number of benzene rings is 1. The summed E-state index contributed by atoms with van der Waals surface area (Å²) in [6.07, 6.45) is -3.31. The molecular weight excluding hydrogens is 256 g/mol. The maximum atomic E-state index is 12.6. The van der Waals surface area contributed by atoms with Crippen LogP contribution in [0.25, 0.3) is 0 Å². The quantitative estimate of drug-likeness (QED) is 0.476. The SMILES string of the molecule is [2H]C1([2H])CC[C@@]([2H])(N2Cc3c(N)cccc3C2=O)C(=O)CC1=O. The zero-order valence-corrected chi connectivity index (χ0v) is 10.8. The van der Waals surface area contributed by atoms with Crippen molar-refractivity contribution in [2.24, 2.45) is 0 Å². The molecule has 0 unspecified atom stereocenters. The zero-order chi connectivity index (χ0) is 17.0. The lowest BCUT2D eigenvalue weighted by molar-refractivity contribution is -0.128. The fourth-order valence-electron chi connectivity index (χ4n) is 2.63. The number of Topliss-reactive ketones (excluding diaryl/α,β-unsaturated/α-hetero) is 2. The van der Waals surface area contributed by atoms with Gasteiger partial charge in [-0.3, -0.25) is 14.4 Å². The van der Waals surface area contributed by atoms with Gasteiger partial charge in [-0.25, -0.2) is 0 Å². The average molecular weight is 275 g/mol. The van der Waals surface area contributed by atoms with Crippen molar-refractivity contribution in [3.8, 4) is 0 Å². The predicted octanol–water partition coefficient (Wildman–Crippen LogP) is 1.31. The van der Waals surface area contributed by atoms with E-state index in [4.69, 9.17) is 9.85 Å². The van der Waals surface area contributed by atoms with Crippen molar-refractivity contribution in [3.63, 3.8) is 0 Å². The molecule has 1 amide bonds. The van der Waals surface area contributed by atoms with Gasteiger partial charge in [-0.1, -0.05) is 6.07 Å². The second-order valence-corrected chi connectivity index (χ2v) is 4.91. The lowest BCUT2D eigenvalue weighted by Gasteiger charge is -2.25. The Hall–Kier alpha value is -2.17. The highest BCUT2D eigenvalue weighted by molar-refractivity contribution is 6.06. The largest absolute Gasteiger partial charge is 0.398 e. The van der Waals surface area contributed by atoms with Crippen LogP contribution in [0.3, 0.4) is 0 Å². The Labute approximate surface area is 121 Å². The maximum Gasteiger partial charge on any atom is 0.255 e. The fourth-order valence-corrected chi connectivity index (χ4v) is 2.63. The molecule has 1 aromatic rings. The lowest BCUT2D eigenvalue weighted by Crippen LogP contribution is -2.41. The first-order chi connectivity index (χ1) is 10.7. The van der Waals surface area contributed by atoms with E-state index in [1.165, 1.54) is 0 Å². The van der Waals surface area contributed by atoms with Gasteiger partial charge in [0, 0.05) is 32.5 Å². The first kappa shape index (κ1) is 9.69. The first-order valence-corrected chi connectivity index (χ1v) is 6.43. The summed E-state index contributed by atoms with van der Waals surface area (Å²) in [6, 6.07) is 2.91. The summed E-state index contributed by atoms with van der Waals surface area (Å²) in [5.74, 6) is -2.06. The number of fused-ring (bicyclic) bond motifs is 1. The van der Waals surface area contributed by atoms with Gasteiger partial charge in [0.25, 0.3) is 5.91 Å². The fraction of sp³-hybridized carbons (Fsp3) is 0.400. The smallest absolute Gasteiger partial charge is 0.255 e. The predicted molar refractivity (Wildman–Crippen MR) is 73.0 cm³/mol. The highest BCUT2D eigenvalue weighted by atomic mass is 16.2. The van der Waals surface area contributed by atoms with Crippen molar-refractivity contribution in [3.05, 3.63) is 29.3 Å². The number of carbonyl (C=O) groups excluding carboxylic acids is 3. The Morgan fingerprint density at radius 1 is 1.35 bits per heavy atom. The molecule has 0 saturated heterocycles. The second-order valence-electron chi connectivity index (χ2n) is 4.91. The van der Waals surface area contributed by atoms with E-state index < -0.39 is 36.3 Å². The third-order valence-corrected chi connectivity index (χ3v) is 3.66. The number of nitrogen functional groups attached to an aromatic ring is 1. The van der Waals surface area contributed by atoms with Gasteiger partial charge < -0.3 is 10.6 Å². The molecule has 20 heavy (non-hydrogen) atoms. The number of anilines is 1. The number of rotatable bonds is 1. The minimum absolute atomic E-state index is 0.0211. The normalized spacial score (nSPS) is 31.3. The molecule has 1 heterocycles. The molecule has 1 aliphatic carbocycles. The van der Waals surface area contributed by atoms with Gasteiger partial charge in [-0.15, -0.1) is 0 Å². The molecule has 1 atom stereocenters. The molecule has 5 nitrogen and oxygen atoms in total. The number of carbonyl (C=O) groups is 3. The molecule has 5 heteroatoms. The van der Waals surface area contributed by atoms with Gasteiger partial charge in [-0.05, 0) is 25.0 Å². The van der Waals surface area contributed by atoms with Gasteiger partial charge in [0.15, 0.2) is 5.78 Å². The Bertz CT molecular complexity index is 735. The van der Waals surface area contributed by atoms with Crippen LogP contribution in [0.2, 0.25) is 0 Å². The van der Waals surface area contributed by atoms with Crippen molar-refractivity contribution in [2.45, 2.75) is 38.2 Å². The van der Waals surface area contributed by atoms with Crippen LogP contribution >= 0.6 is 0 Å². The second kappa shape index (κ2) is 4.74. The van der Waals surface area contributed by atoms with Gasteiger partial charge >= 0.3 is 0 Å². The highest BCUT2D eigenvalue weighted by Gasteiger charge is 2.38. The van der Waals surface area contributed by atoms with Crippen molar-refractivity contribution in [2.75, 3.05) is 5.73 Å². The van der Waals surface area contributed by atoms with E-state index in [9.17, 15) is 14.4 Å². The number of ketones is 2. The summed E-state index contributed by atoms with van der Waals surface area (Å²) in [6.45, 7) is 0.0211. The van der Waals surface area contributed by atoms with Crippen molar-refractivity contribution >= 4 is 23.2 Å². The molecular formula is C15H16N2O3. The molecule has 0 radical (unpaired) electrons. The molecule has 1 fully saturated rings. The molecule has 0 bridgehead atoms. The number of hydrogen-bond acceptors (Lipinski definition) is 4. The summed E-state index contributed by atoms with van der Waals surface area (Å²) < 4.78 is 23.9. The third kappa shape index (κ3) is 1.99. The highest BCUT2D eigenvalue weighted by Crippen LogP contribution is 2.31. The van der Waals surface area contributed by atoms with Crippen LogP contribution in [0.4, 0.5) is 5.69 Å². The minimum Gasteiger partial charge on any atom is -0.398 e. The molecule has 1 saturated carbocycles. The van der Waals surface area contributed by atoms with E-state index in [1.54, 1.807) is 18.2 Å². The minimum atomic E-state index is -2.15. The summed E-state index contributed by atoms with van der Waals surface area (Å²) in [5, 5.41) is 0. The molecule has 0 aromatic heterocycles. The van der Waals surface area contributed by atoms with Crippen LogP contribution < -0.4 is 5.73 Å². The monoisotopic (exact) mass is 275 g/mol. The summed E-state index contributed by atoms with van der Waals surface area (Å²) in [4.78, 5) is 37.9. The van der Waals surface area contributed by atoms with Crippen LogP contribution in [0, 0.1) is 0 Å². The van der Waals surface area contributed by atoms with Crippen LogP contribution in [0.15, 0.2) is 18.2 Å². The van der Waals surface area contributed by atoms with E-state index in [0.717, 1.165) is 4.90 Å². The van der Waals surface area contributed by atoms with Crippen LogP contribution in [0.5, 0.6) is 0 Å². The van der Waals surface area contributed by atoms with Gasteiger partial charge in [0.1, 0.15) is 5.78 Å². The molecule has 1 aromatic carbocycles. The number of nitrogens with zero attached hydrogens (tertiary/aromatic N) is 1. The summed E-state index contributed by atoms with van der Waals surface area (Å²) in [7, 11) is 0. The number of amides is 1. The Balaban J connectivity index is 1.99. The summed E-state index contributed by atoms with van der Waals surface area (Å²) >= 11 is 0. The average Bonchev–Trinajstić information content (AvgIpc) is 2.80. The van der Waals surface area contributed by atoms with Crippen molar-refractivity contribution in [1.82, 2.24) is 4.90 Å². The molecule has 104 valence electrons. The summed E-state index contributed by atoms with van der Waals surface area (Å²) in [5.41, 5.74) is 7.19. The maximum absolute atomic E-state index is 12.6. The van der Waals surface area contributed by atoms with Gasteiger partial charge in [0.05, 0.1) is 13.8 Å². The Morgan fingerprint density at radius 3 is 2.90 bits per heavy atom. The topological polar surface area (TPSA) is 80.5 Å². The standard InChI is InChI=1S/C15H16N2O3/c16-12-5-2-4-10-11(12)8-17(15(10)20)13-6-1-3-9(18)7-14(13)19/h2,4-5,13H,1,3,6-8,16H2/t13-/m1/s1/i3D2,13D. The van der Waals surface area contributed by atoms with Crippen molar-refractivity contribution < 1.29 is 18.5 Å². The van der Waals surface area contributed by atoms with Gasteiger partial charge in [-0.2, -0.15) is 0 Å². The Morgan fingerprint density at radius 2 is 2.15 bits per heavy atom. The van der Waals surface area contributed by atoms with Crippen LogP contribution in [-0.2, 0) is 16.1 Å². The van der Waals surface area contributed by atoms with E-state index in [0.29, 0.717) is 16.8 Å². The molecule has 1 aliphatic heterocycles. The van der Waals surface area contributed by atoms with Crippen molar-refractivity contribution in [1.29, 1.82) is 0 Å². The lowest BCUT2D eigenvalue weighted by atomic mass is 10.1. The third-order valence-electron chi connectivity index (χ3n) is 3.66. The zero-order valence-electron chi connectivity index (χ0n) is 13.8. The Kier molecular flexibility index (Phi) is 2.30. The van der Waals surface area contributed by atoms with E-state index in [2.05, 4.69) is 0 Å². The van der Waals surface area contributed by atoms with E-state index >= 15 is 0 Å². The van der Waals surface area contributed by atoms with E-state index in [1.807, 2.05) is 0 Å². The molecule has 0 spiro atoms. The first-order valence-electron chi connectivity index (χ1n) is 7.93. The van der Waals surface area contributed by atoms with Crippen LogP contribution in [0.1, 0.15) is 45.7 Å². The molecule has 2 aliphatic rings. The van der Waals surface area contributed by atoms with E-state index in [-0.39, 0.29) is 19.4 Å².